The minimum absolute atomic E-state index is 0.242. The first-order valence-corrected chi connectivity index (χ1v) is 6.44. The van der Waals surface area contributed by atoms with Crippen LogP contribution in [0.2, 0.25) is 0 Å². The van der Waals surface area contributed by atoms with Crippen molar-refractivity contribution in [1.82, 2.24) is 5.32 Å². The average Bonchev–Trinajstić information content (AvgIpc) is 2.49. The van der Waals surface area contributed by atoms with Crippen molar-refractivity contribution in [2.24, 2.45) is 0 Å². The van der Waals surface area contributed by atoms with Gasteiger partial charge in [0, 0.05) is 23.5 Å². The van der Waals surface area contributed by atoms with Gasteiger partial charge in [-0.25, -0.2) is 0 Å². The van der Waals surface area contributed by atoms with Crippen LogP contribution >= 0.6 is 11.8 Å². The molecule has 0 saturated carbocycles. The highest BCUT2D eigenvalue weighted by Gasteiger charge is 2.26. The van der Waals surface area contributed by atoms with E-state index in [1.165, 1.54) is 0 Å². The average molecular weight is 241 g/mol. The van der Waals surface area contributed by atoms with Crippen molar-refractivity contribution in [2.45, 2.75) is 50.1 Å². The van der Waals surface area contributed by atoms with Crippen molar-refractivity contribution in [3.05, 3.63) is 0 Å². The Kier molecular flexibility index (Phi) is 5.26. The zero-order chi connectivity index (χ0) is 11.3. The van der Waals surface area contributed by atoms with Gasteiger partial charge < -0.3 is 5.32 Å². The lowest BCUT2D eigenvalue weighted by Crippen LogP contribution is -2.30. The van der Waals surface area contributed by atoms with Crippen LogP contribution in [-0.2, 0) is 0 Å². The van der Waals surface area contributed by atoms with Crippen molar-refractivity contribution in [3.63, 3.8) is 0 Å². The molecule has 0 aliphatic carbocycles. The smallest absolute Gasteiger partial charge is 0.313 e. The van der Waals surface area contributed by atoms with Gasteiger partial charge in [-0.15, -0.1) is 0 Å². The molecule has 2 unspecified atom stereocenters. The summed E-state index contributed by atoms with van der Waals surface area (Å²) < 4.78 is 35.4. The fraction of sp³-hybridized carbons (Fsp3) is 1.00. The van der Waals surface area contributed by atoms with Crippen molar-refractivity contribution >= 4 is 11.8 Å². The lowest BCUT2D eigenvalue weighted by atomic mass is 10.2. The van der Waals surface area contributed by atoms with E-state index in [1.807, 2.05) is 11.8 Å². The van der Waals surface area contributed by atoms with Crippen LogP contribution in [0.15, 0.2) is 0 Å². The van der Waals surface area contributed by atoms with E-state index >= 15 is 0 Å². The molecule has 0 aromatic carbocycles. The van der Waals surface area contributed by atoms with Crippen molar-refractivity contribution in [2.75, 3.05) is 12.3 Å². The highest BCUT2D eigenvalue weighted by atomic mass is 32.2. The van der Waals surface area contributed by atoms with Gasteiger partial charge >= 0.3 is 6.18 Å². The monoisotopic (exact) mass is 241 g/mol. The Bertz CT molecular complexity index is 184. The molecule has 1 nitrogen and oxygen atoms in total. The molecule has 1 aliphatic heterocycles. The van der Waals surface area contributed by atoms with Gasteiger partial charge in [-0.2, -0.15) is 24.9 Å². The van der Waals surface area contributed by atoms with Gasteiger partial charge in [-0.05, 0) is 25.8 Å². The molecule has 0 aromatic rings. The zero-order valence-electron chi connectivity index (χ0n) is 8.94. The first-order valence-electron chi connectivity index (χ1n) is 5.39. The van der Waals surface area contributed by atoms with Gasteiger partial charge in [0.15, 0.2) is 0 Å². The predicted octanol–water partition coefficient (Wildman–Crippen LogP) is 3.20. The summed E-state index contributed by atoms with van der Waals surface area (Å²) in [5, 5.41) is 4.00. The summed E-state index contributed by atoms with van der Waals surface area (Å²) in [5.41, 5.74) is 0. The largest absolute Gasteiger partial charge is 0.389 e. The van der Waals surface area contributed by atoms with E-state index < -0.39 is 12.6 Å². The maximum Gasteiger partial charge on any atom is 0.389 e. The Morgan fingerprint density at radius 3 is 2.60 bits per heavy atom. The minimum Gasteiger partial charge on any atom is -0.313 e. The summed E-state index contributed by atoms with van der Waals surface area (Å²) in [6.07, 6.45) is -2.63. The highest BCUT2D eigenvalue weighted by Crippen LogP contribution is 2.26. The van der Waals surface area contributed by atoms with E-state index in [4.69, 9.17) is 0 Å². The Labute approximate surface area is 93.2 Å². The predicted molar refractivity (Wildman–Crippen MR) is 58.2 cm³/mol. The number of thioether (sulfide) groups is 1. The lowest BCUT2D eigenvalue weighted by molar-refractivity contribution is -0.135. The molecule has 1 N–H and O–H groups in total. The Morgan fingerprint density at radius 1 is 1.33 bits per heavy atom. The van der Waals surface area contributed by atoms with Crippen molar-refractivity contribution < 1.29 is 13.2 Å². The summed E-state index contributed by atoms with van der Waals surface area (Å²) in [5.74, 6) is 1.10. The Hall–Kier alpha value is 0.100. The van der Waals surface area contributed by atoms with Crippen LogP contribution in [-0.4, -0.2) is 29.8 Å². The van der Waals surface area contributed by atoms with Crippen LogP contribution in [0.5, 0.6) is 0 Å². The summed E-state index contributed by atoms with van der Waals surface area (Å²) in [6.45, 7) is 2.91. The third-order valence-corrected chi connectivity index (χ3v) is 3.87. The second-order valence-electron chi connectivity index (χ2n) is 4.10. The van der Waals surface area contributed by atoms with Crippen LogP contribution in [0, 0.1) is 0 Å². The van der Waals surface area contributed by atoms with E-state index in [-0.39, 0.29) is 6.42 Å². The van der Waals surface area contributed by atoms with Crippen molar-refractivity contribution in [3.8, 4) is 0 Å². The Balaban J connectivity index is 1.93. The molecular formula is C10H18F3NS. The number of unbranched alkanes of at least 4 members (excludes halogenated alkanes) is 1. The number of rotatable bonds is 5. The van der Waals surface area contributed by atoms with Gasteiger partial charge in [-0.1, -0.05) is 6.92 Å². The molecule has 1 rings (SSSR count). The first kappa shape index (κ1) is 13.2. The van der Waals surface area contributed by atoms with Gasteiger partial charge in [0.2, 0.25) is 0 Å². The van der Waals surface area contributed by atoms with E-state index in [9.17, 15) is 13.2 Å². The third kappa shape index (κ3) is 6.30. The van der Waals surface area contributed by atoms with Gasteiger partial charge in [-0.3, -0.25) is 0 Å². The molecule has 15 heavy (non-hydrogen) atoms. The van der Waals surface area contributed by atoms with Gasteiger partial charge in [0.25, 0.3) is 0 Å². The first-order chi connectivity index (χ1) is 6.97. The molecule has 0 bridgehead atoms. The topological polar surface area (TPSA) is 12.0 Å². The summed E-state index contributed by atoms with van der Waals surface area (Å²) in [6, 6.07) is 0.510. The van der Waals surface area contributed by atoms with Crippen LogP contribution in [0.3, 0.4) is 0 Å². The molecule has 2 atom stereocenters. The third-order valence-electron chi connectivity index (χ3n) is 2.52. The second kappa shape index (κ2) is 5.99. The number of hydrogen-bond donors (Lipinski definition) is 1. The van der Waals surface area contributed by atoms with Gasteiger partial charge in [0.05, 0.1) is 0 Å². The Morgan fingerprint density at radius 2 is 2.07 bits per heavy atom. The molecule has 90 valence electrons. The summed E-state index contributed by atoms with van der Waals surface area (Å²) in [7, 11) is 0. The molecule has 0 spiro atoms. The summed E-state index contributed by atoms with van der Waals surface area (Å²) in [4.78, 5) is 0. The van der Waals surface area contributed by atoms with E-state index in [2.05, 4.69) is 12.2 Å². The van der Waals surface area contributed by atoms with Crippen LogP contribution in [0.4, 0.5) is 13.2 Å². The van der Waals surface area contributed by atoms with Crippen LogP contribution < -0.4 is 5.32 Å². The maximum absolute atomic E-state index is 11.8. The zero-order valence-corrected chi connectivity index (χ0v) is 9.76. The molecule has 0 aromatic heterocycles. The van der Waals surface area contributed by atoms with Gasteiger partial charge in [0.1, 0.15) is 0 Å². The molecule has 1 heterocycles. The molecule has 1 saturated heterocycles. The minimum atomic E-state index is -3.99. The molecule has 0 radical (unpaired) electrons. The number of hydrogen-bond acceptors (Lipinski definition) is 2. The molecule has 5 heteroatoms. The van der Waals surface area contributed by atoms with E-state index in [0.29, 0.717) is 24.3 Å². The lowest BCUT2D eigenvalue weighted by Gasteiger charge is -2.11. The standard InChI is InChI=1S/C10H18F3NS/c1-8-6-9(7-15-8)14-5-3-2-4-10(11,12)13/h8-9,14H,2-7H2,1H3. The second-order valence-corrected chi connectivity index (χ2v) is 5.57. The van der Waals surface area contributed by atoms with Crippen molar-refractivity contribution in [1.29, 1.82) is 0 Å². The quantitative estimate of drug-likeness (QED) is 0.742. The molecular weight excluding hydrogens is 223 g/mol. The molecule has 1 aliphatic rings. The van der Waals surface area contributed by atoms with Crippen LogP contribution in [0.25, 0.3) is 0 Å². The van der Waals surface area contributed by atoms with E-state index in [0.717, 1.165) is 12.2 Å². The number of halogens is 3. The van der Waals surface area contributed by atoms with Crippen LogP contribution in [0.1, 0.15) is 32.6 Å². The fourth-order valence-electron chi connectivity index (χ4n) is 1.72. The highest BCUT2D eigenvalue weighted by molar-refractivity contribution is 8.00. The number of alkyl halides is 3. The van der Waals surface area contributed by atoms with E-state index in [1.54, 1.807) is 0 Å². The number of nitrogens with one attached hydrogen (secondary N) is 1. The fourth-order valence-corrected chi connectivity index (χ4v) is 2.90. The summed E-state index contributed by atoms with van der Waals surface area (Å²) >= 11 is 1.93. The normalized spacial score (nSPS) is 27.2. The molecule has 1 fully saturated rings. The maximum atomic E-state index is 11.8. The molecule has 0 amide bonds. The SMILES string of the molecule is CC1CC(NCCCCC(F)(F)F)CS1.